The summed E-state index contributed by atoms with van der Waals surface area (Å²) in [5.41, 5.74) is 1.06. The molecular weight excluding hydrogens is 514 g/mol. The fourth-order valence-corrected chi connectivity index (χ4v) is 5.80. The highest BCUT2D eigenvalue weighted by Crippen LogP contribution is 2.26. The summed E-state index contributed by atoms with van der Waals surface area (Å²) in [6.45, 7) is 10.4. The number of methoxy groups -OCH3 is 1. The third kappa shape index (κ3) is 7.18. The lowest BCUT2D eigenvalue weighted by Crippen LogP contribution is -2.31. The molecule has 0 atom stereocenters. The second kappa shape index (κ2) is 13.2. The minimum atomic E-state index is -3.57. The Morgan fingerprint density at radius 1 is 1.14 bits per heavy atom. The van der Waals surface area contributed by atoms with Crippen molar-refractivity contribution in [3.63, 3.8) is 0 Å². The molecule has 0 aliphatic carbocycles. The third-order valence-electron chi connectivity index (χ3n) is 5.48. The molecule has 0 saturated carbocycles. The summed E-state index contributed by atoms with van der Waals surface area (Å²) in [4.78, 5) is 22.2. The number of hydrogen-bond donors (Lipinski definition) is 2. The van der Waals surface area contributed by atoms with Gasteiger partial charge in [0.25, 0.3) is 5.91 Å². The fourth-order valence-electron chi connectivity index (χ4n) is 3.64. The molecule has 0 aliphatic heterocycles. The molecule has 13 heteroatoms. The van der Waals surface area contributed by atoms with Crippen LogP contribution in [0, 0.1) is 0 Å². The van der Waals surface area contributed by atoms with Crippen molar-refractivity contribution in [2.45, 2.75) is 49.5 Å². The third-order valence-corrected chi connectivity index (χ3v) is 8.41. The molecule has 2 N–H and O–H groups in total. The van der Waals surface area contributed by atoms with Crippen LogP contribution in [-0.4, -0.2) is 83.5 Å². The normalized spacial score (nSPS) is 12.0. The molecule has 0 fully saturated rings. The topological polar surface area (TPSA) is 131 Å². The van der Waals surface area contributed by atoms with Gasteiger partial charge in [0.2, 0.25) is 10.0 Å². The minimum absolute atomic E-state index is 0.167. The fraction of sp³-hybridized carbons (Fsp3) is 0.500. The highest BCUT2D eigenvalue weighted by Gasteiger charge is 2.21. The van der Waals surface area contributed by atoms with Crippen molar-refractivity contribution >= 4 is 44.5 Å². The number of anilines is 1. The number of thioether (sulfide) groups is 1. The number of ether oxygens (including phenoxy) is 1. The Labute approximate surface area is 222 Å². The summed E-state index contributed by atoms with van der Waals surface area (Å²) in [6.07, 6.45) is 1.71. The summed E-state index contributed by atoms with van der Waals surface area (Å²) in [7, 11) is -1.92. The van der Waals surface area contributed by atoms with Crippen molar-refractivity contribution in [1.82, 2.24) is 29.4 Å². The number of carbonyl (C=O) groups is 1. The Balaban J connectivity index is 1.69. The van der Waals surface area contributed by atoms with Crippen molar-refractivity contribution in [1.29, 1.82) is 0 Å². The van der Waals surface area contributed by atoms with E-state index in [1.165, 1.54) is 28.6 Å². The van der Waals surface area contributed by atoms with Crippen molar-refractivity contribution < 1.29 is 17.9 Å². The minimum Gasteiger partial charge on any atom is -0.383 e. The van der Waals surface area contributed by atoms with Gasteiger partial charge in [0.05, 0.1) is 29.6 Å². The van der Waals surface area contributed by atoms with Crippen LogP contribution in [0.4, 0.5) is 5.82 Å². The number of sulfonamides is 1. The van der Waals surface area contributed by atoms with E-state index >= 15 is 0 Å². The van der Waals surface area contributed by atoms with E-state index in [2.05, 4.69) is 39.5 Å². The summed E-state index contributed by atoms with van der Waals surface area (Å²) >= 11 is 1.56. The first-order valence-corrected chi connectivity index (χ1v) is 14.5. The lowest BCUT2D eigenvalue weighted by molar-refractivity contribution is 0.0952. The molecule has 0 aliphatic rings. The Kier molecular flexibility index (Phi) is 10.3. The van der Waals surface area contributed by atoms with E-state index in [1.807, 2.05) is 0 Å². The molecule has 1 aromatic carbocycles. The van der Waals surface area contributed by atoms with E-state index in [9.17, 15) is 13.2 Å². The van der Waals surface area contributed by atoms with Crippen LogP contribution in [0.1, 0.15) is 38.1 Å². The molecule has 0 saturated heterocycles. The maximum Gasteiger partial charge on any atom is 0.251 e. The van der Waals surface area contributed by atoms with E-state index in [-0.39, 0.29) is 10.8 Å². The van der Waals surface area contributed by atoms with Gasteiger partial charge in [0, 0.05) is 44.1 Å². The number of rotatable bonds is 14. The standard InChI is InChI=1S/C24H35N7O4S2/c1-6-30(7-2)37(33,34)19-10-8-18(9-11-19)23(32)26-12-14-31-22-20(16-27-31)21(25-13-15-35-5)28-24(29-22)36-17(3)4/h8-11,16-17H,6-7,12-15H2,1-5H3,(H,26,32)(H,25,28,29). The van der Waals surface area contributed by atoms with Gasteiger partial charge in [-0.25, -0.2) is 23.1 Å². The molecule has 0 radical (unpaired) electrons. The molecule has 2 heterocycles. The molecule has 0 bridgehead atoms. The monoisotopic (exact) mass is 549 g/mol. The Hall–Kier alpha value is -2.74. The van der Waals surface area contributed by atoms with Crippen molar-refractivity contribution in [3.05, 3.63) is 36.0 Å². The zero-order chi connectivity index (χ0) is 27.0. The zero-order valence-electron chi connectivity index (χ0n) is 21.9. The van der Waals surface area contributed by atoms with E-state index in [4.69, 9.17) is 4.74 Å². The first-order chi connectivity index (χ1) is 17.7. The van der Waals surface area contributed by atoms with Crippen LogP contribution >= 0.6 is 11.8 Å². The van der Waals surface area contributed by atoms with Crippen molar-refractivity contribution in [2.24, 2.45) is 0 Å². The molecule has 1 amide bonds. The van der Waals surface area contributed by atoms with Gasteiger partial charge < -0.3 is 15.4 Å². The van der Waals surface area contributed by atoms with E-state index < -0.39 is 10.0 Å². The second-order valence-electron chi connectivity index (χ2n) is 8.42. The molecule has 0 spiro atoms. The van der Waals surface area contributed by atoms with Gasteiger partial charge in [-0.1, -0.05) is 39.5 Å². The first-order valence-electron chi connectivity index (χ1n) is 12.2. The van der Waals surface area contributed by atoms with Crippen LogP contribution in [0.2, 0.25) is 0 Å². The summed E-state index contributed by atoms with van der Waals surface area (Å²) in [5, 5.41) is 12.4. The number of fused-ring (bicyclic) bond motifs is 1. The summed E-state index contributed by atoms with van der Waals surface area (Å²) in [6, 6.07) is 5.98. The maximum absolute atomic E-state index is 12.7. The first kappa shape index (κ1) is 28.8. The number of hydrogen-bond acceptors (Lipinski definition) is 9. The van der Waals surface area contributed by atoms with E-state index in [0.29, 0.717) is 66.8 Å². The number of amides is 1. The highest BCUT2D eigenvalue weighted by atomic mass is 32.2. The van der Waals surface area contributed by atoms with Crippen LogP contribution in [0.15, 0.2) is 40.5 Å². The van der Waals surface area contributed by atoms with Gasteiger partial charge in [0.15, 0.2) is 10.8 Å². The molecule has 37 heavy (non-hydrogen) atoms. The summed E-state index contributed by atoms with van der Waals surface area (Å²) in [5.74, 6) is 0.399. The Morgan fingerprint density at radius 2 is 1.84 bits per heavy atom. The highest BCUT2D eigenvalue weighted by molar-refractivity contribution is 7.99. The number of carbonyl (C=O) groups excluding carboxylic acids is 1. The molecular formula is C24H35N7O4S2. The van der Waals surface area contributed by atoms with Crippen LogP contribution in [0.3, 0.4) is 0 Å². The predicted octanol–water partition coefficient (Wildman–Crippen LogP) is 2.85. The van der Waals surface area contributed by atoms with Crippen LogP contribution in [-0.2, 0) is 21.3 Å². The quantitative estimate of drug-likeness (QED) is 0.177. The van der Waals surface area contributed by atoms with Gasteiger partial charge in [-0.2, -0.15) is 9.40 Å². The number of benzene rings is 1. The largest absolute Gasteiger partial charge is 0.383 e. The Morgan fingerprint density at radius 3 is 2.46 bits per heavy atom. The summed E-state index contributed by atoms with van der Waals surface area (Å²) < 4.78 is 33.6. The molecule has 202 valence electrons. The van der Waals surface area contributed by atoms with Gasteiger partial charge in [0.1, 0.15) is 5.82 Å². The van der Waals surface area contributed by atoms with Gasteiger partial charge in [-0.3, -0.25) is 4.79 Å². The van der Waals surface area contributed by atoms with Gasteiger partial charge in [-0.15, -0.1) is 0 Å². The van der Waals surface area contributed by atoms with Crippen LogP contribution < -0.4 is 10.6 Å². The zero-order valence-corrected chi connectivity index (χ0v) is 23.5. The van der Waals surface area contributed by atoms with Crippen molar-refractivity contribution in [2.75, 3.05) is 45.2 Å². The van der Waals surface area contributed by atoms with Crippen LogP contribution in [0.5, 0.6) is 0 Å². The maximum atomic E-state index is 12.7. The van der Waals surface area contributed by atoms with E-state index in [1.54, 1.807) is 43.6 Å². The second-order valence-corrected chi connectivity index (χ2v) is 11.9. The number of nitrogens with one attached hydrogen (secondary N) is 2. The lowest BCUT2D eigenvalue weighted by atomic mass is 10.2. The lowest BCUT2D eigenvalue weighted by Gasteiger charge is -2.18. The average Bonchev–Trinajstić information content (AvgIpc) is 3.27. The molecule has 0 unspecified atom stereocenters. The average molecular weight is 550 g/mol. The molecule has 2 aromatic heterocycles. The van der Waals surface area contributed by atoms with Crippen LogP contribution in [0.25, 0.3) is 11.0 Å². The molecule has 11 nitrogen and oxygen atoms in total. The molecule has 3 rings (SSSR count). The smallest absolute Gasteiger partial charge is 0.251 e. The van der Waals surface area contributed by atoms with E-state index in [0.717, 1.165) is 5.39 Å². The number of nitrogens with zero attached hydrogens (tertiary/aromatic N) is 5. The predicted molar refractivity (Wildman–Crippen MR) is 146 cm³/mol. The number of aromatic nitrogens is 4. The van der Waals surface area contributed by atoms with Crippen molar-refractivity contribution in [3.8, 4) is 0 Å². The molecule has 3 aromatic rings. The SMILES string of the molecule is CCN(CC)S(=O)(=O)c1ccc(C(=O)NCCn2ncc3c(NCCOC)nc(SC(C)C)nc32)cc1. The van der Waals surface area contributed by atoms with Gasteiger partial charge >= 0.3 is 0 Å². The Bertz CT molecular complexity index is 1290. The van der Waals surface area contributed by atoms with Gasteiger partial charge in [-0.05, 0) is 24.3 Å².